The molecule has 94 valence electrons. The summed E-state index contributed by atoms with van der Waals surface area (Å²) in [5, 5.41) is 3.15. The average Bonchev–Trinajstić information content (AvgIpc) is 2.91. The Bertz CT molecular complexity index is 526. The van der Waals surface area contributed by atoms with Crippen molar-refractivity contribution in [2.45, 2.75) is 12.8 Å². The summed E-state index contributed by atoms with van der Waals surface area (Å²) in [4.78, 5) is 4.37. The van der Waals surface area contributed by atoms with E-state index in [1.165, 1.54) is 5.56 Å². The molecule has 0 amide bonds. The first-order chi connectivity index (χ1) is 8.81. The van der Waals surface area contributed by atoms with Gasteiger partial charge in [-0.15, -0.1) is 11.3 Å². The molecule has 1 atom stereocenters. The SMILES string of the molecule is NCC1(Cc2nccs2)COc2ccccc2C1. The zero-order valence-corrected chi connectivity index (χ0v) is 11.0. The maximum Gasteiger partial charge on any atom is 0.122 e. The van der Waals surface area contributed by atoms with Gasteiger partial charge in [-0.2, -0.15) is 0 Å². The standard InChI is InChI=1S/C14H16N2OS/c15-9-14(8-13-16-5-6-18-13)7-11-3-1-2-4-12(11)17-10-14/h1-6H,7-10,15H2. The Balaban J connectivity index is 1.86. The van der Waals surface area contributed by atoms with Gasteiger partial charge in [0, 0.05) is 30.0 Å². The van der Waals surface area contributed by atoms with Gasteiger partial charge in [0.25, 0.3) is 0 Å². The summed E-state index contributed by atoms with van der Waals surface area (Å²) < 4.78 is 5.88. The van der Waals surface area contributed by atoms with Crippen molar-refractivity contribution in [1.29, 1.82) is 0 Å². The molecule has 4 heteroatoms. The van der Waals surface area contributed by atoms with Crippen LogP contribution in [0.4, 0.5) is 0 Å². The molecule has 1 aliphatic heterocycles. The number of hydrogen-bond acceptors (Lipinski definition) is 4. The number of thiazole rings is 1. The Morgan fingerprint density at radius 1 is 1.39 bits per heavy atom. The lowest BCUT2D eigenvalue weighted by Crippen LogP contribution is -2.43. The minimum Gasteiger partial charge on any atom is -0.493 e. The van der Waals surface area contributed by atoms with Gasteiger partial charge in [-0.1, -0.05) is 18.2 Å². The maximum atomic E-state index is 6.01. The van der Waals surface area contributed by atoms with Crippen LogP contribution in [0, 0.1) is 5.41 Å². The van der Waals surface area contributed by atoms with E-state index in [9.17, 15) is 0 Å². The van der Waals surface area contributed by atoms with Crippen molar-refractivity contribution in [3.8, 4) is 5.75 Å². The Labute approximate surface area is 111 Å². The third kappa shape index (κ3) is 2.13. The second-order valence-electron chi connectivity index (χ2n) is 4.88. The number of rotatable bonds is 3. The Hall–Kier alpha value is -1.39. The van der Waals surface area contributed by atoms with Crippen molar-refractivity contribution in [3.05, 3.63) is 46.4 Å². The van der Waals surface area contributed by atoms with Crippen molar-refractivity contribution >= 4 is 11.3 Å². The van der Waals surface area contributed by atoms with Crippen molar-refractivity contribution < 1.29 is 4.74 Å². The van der Waals surface area contributed by atoms with E-state index in [-0.39, 0.29) is 5.41 Å². The van der Waals surface area contributed by atoms with E-state index in [2.05, 4.69) is 17.1 Å². The first kappa shape index (κ1) is 11.7. The number of nitrogens with zero attached hydrogens (tertiary/aromatic N) is 1. The van der Waals surface area contributed by atoms with Gasteiger partial charge in [-0.3, -0.25) is 0 Å². The van der Waals surface area contributed by atoms with Crippen LogP contribution in [-0.4, -0.2) is 18.1 Å². The van der Waals surface area contributed by atoms with E-state index in [4.69, 9.17) is 10.5 Å². The molecule has 1 aliphatic rings. The molecule has 0 spiro atoms. The first-order valence-corrected chi connectivity index (χ1v) is 6.98. The molecule has 18 heavy (non-hydrogen) atoms. The zero-order valence-electron chi connectivity index (χ0n) is 10.1. The predicted octanol–water partition coefficient (Wildman–Crippen LogP) is 2.27. The highest BCUT2D eigenvalue weighted by Crippen LogP contribution is 2.36. The highest BCUT2D eigenvalue weighted by molar-refractivity contribution is 7.09. The Morgan fingerprint density at radius 3 is 3.06 bits per heavy atom. The van der Waals surface area contributed by atoms with Gasteiger partial charge in [0.05, 0.1) is 11.6 Å². The van der Waals surface area contributed by atoms with E-state index in [1.807, 2.05) is 23.7 Å². The van der Waals surface area contributed by atoms with Crippen LogP contribution in [-0.2, 0) is 12.8 Å². The predicted molar refractivity (Wildman–Crippen MR) is 72.9 cm³/mol. The number of benzene rings is 1. The summed E-state index contributed by atoms with van der Waals surface area (Å²) in [6, 6.07) is 8.22. The molecular weight excluding hydrogens is 244 g/mol. The minimum atomic E-state index is -0.00773. The molecule has 0 saturated heterocycles. The summed E-state index contributed by atoms with van der Waals surface area (Å²) in [6.45, 7) is 1.31. The van der Waals surface area contributed by atoms with Crippen LogP contribution in [0.2, 0.25) is 0 Å². The van der Waals surface area contributed by atoms with Gasteiger partial charge in [0.15, 0.2) is 0 Å². The summed E-state index contributed by atoms with van der Waals surface area (Å²) in [7, 11) is 0. The van der Waals surface area contributed by atoms with Crippen molar-refractivity contribution in [1.82, 2.24) is 4.98 Å². The monoisotopic (exact) mass is 260 g/mol. The summed E-state index contributed by atoms with van der Waals surface area (Å²) in [5.41, 5.74) is 7.26. The van der Waals surface area contributed by atoms with E-state index >= 15 is 0 Å². The van der Waals surface area contributed by atoms with E-state index in [1.54, 1.807) is 11.3 Å². The third-order valence-corrected chi connectivity index (χ3v) is 4.29. The fourth-order valence-corrected chi connectivity index (χ4v) is 3.24. The second kappa shape index (κ2) is 4.71. The molecule has 1 aromatic heterocycles. The fourth-order valence-electron chi connectivity index (χ4n) is 2.45. The van der Waals surface area contributed by atoms with Crippen LogP contribution in [0.25, 0.3) is 0 Å². The minimum absolute atomic E-state index is 0.00773. The molecule has 0 saturated carbocycles. The van der Waals surface area contributed by atoms with Gasteiger partial charge in [-0.05, 0) is 18.1 Å². The van der Waals surface area contributed by atoms with Crippen LogP contribution in [0.15, 0.2) is 35.8 Å². The van der Waals surface area contributed by atoms with Gasteiger partial charge < -0.3 is 10.5 Å². The van der Waals surface area contributed by atoms with E-state index < -0.39 is 0 Å². The van der Waals surface area contributed by atoms with Gasteiger partial charge in [0.1, 0.15) is 5.75 Å². The zero-order chi connectivity index (χ0) is 12.4. The molecule has 2 N–H and O–H groups in total. The molecule has 2 aromatic rings. The van der Waals surface area contributed by atoms with Crippen LogP contribution in [0.5, 0.6) is 5.75 Å². The quantitative estimate of drug-likeness (QED) is 0.921. The normalized spacial score (nSPS) is 22.3. The number of aromatic nitrogens is 1. The summed E-state index contributed by atoms with van der Waals surface area (Å²) in [6.07, 6.45) is 3.72. The highest BCUT2D eigenvalue weighted by Gasteiger charge is 2.35. The Kier molecular flexibility index (Phi) is 3.06. The summed E-state index contributed by atoms with van der Waals surface area (Å²) in [5.74, 6) is 1.00. The largest absolute Gasteiger partial charge is 0.493 e. The number of para-hydroxylation sites is 1. The fraction of sp³-hybridized carbons (Fsp3) is 0.357. The van der Waals surface area contributed by atoms with Crippen LogP contribution >= 0.6 is 11.3 Å². The molecule has 2 heterocycles. The number of hydrogen-bond donors (Lipinski definition) is 1. The van der Waals surface area contributed by atoms with Crippen LogP contribution in [0.3, 0.4) is 0 Å². The lowest BCUT2D eigenvalue weighted by molar-refractivity contribution is 0.126. The van der Waals surface area contributed by atoms with Crippen LogP contribution < -0.4 is 10.5 Å². The van der Waals surface area contributed by atoms with Gasteiger partial charge >= 0.3 is 0 Å². The second-order valence-corrected chi connectivity index (χ2v) is 5.86. The summed E-state index contributed by atoms with van der Waals surface area (Å²) >= 11 is 1.69. The Morgan fingerprint density at radius 2 is 2.28 bits per heavy atom. The van der Waals surface area contributed by atoms with Crippen LogP contribution in [0.1, 0.15) is 10.6 Å². The number of ether oxygens (including phenoxy) is 1. The molecule has 1 aromatic carbocycles. The first-order valence-electron chi connectivity index (χ1n) is 6.10. The molecule has 0 fully saturated rings. The van der Waals surface area contributed by atoms with E-state index in [0.717, 1.165) is 23.6 Å². The lowest BCUT2D eigenvalue weighted by Gasteiger charge is -2.36. The topological polar surface area (TPSA) is 48.1 Å². The van der Waals surface area contributed by atoms with Gasteiger partial charge in [-0.25, -0.2) is 4.98 Å². The highest BCUT2D eigenvalue weighted by atomic mass is 32.1. The molecule has 3 rings (SSSR count). The number of nitrogens with two attached hydrogens (primary N) is 1. The molecular formula is C14H16N2OS. The third-order valence-electron chi connectivity index (χ3n) is 3.51. The molecule has 0 radical (unpaired) electrons. The maximum absolute atomic E-state index is 6.01. The molecule has 3 nitrogen and oxygen atoms in total. The van der Waals surface area contributed by atoms with Crippen molar-refractivity contribution in [2.75, 3.05) is 13.2 Å². The lowest BCUT2D eigenvalue weighted by atomic mass is 9.78. The van der Waals surface area contributed by atoms with Crippen molar-refractivity contribution in [2.24, 2.45) is 11.1 Å². The van der Waals surface area contributed by atoms with Gasteiger partial charge in [0.2, 0.25) is 0 Å². The number of fused-ring (bicyclic) bond motifs is 1. The van der Waals surface area contributed by atoms with Crippen molar-refractivity contribution in [3.63, 3.8) is 0 Å². The molecule has 0 bridgehead atoms. The molecule has 0 aliphatic carbocycles. The average molecular weight is 260 g/mol. The van der Waals surface area contributed by atoms with E-state index in [0.29, 0.717) is 13.2 Å². The molecule has 1 unspecified atom stereocenters. The smallest absolute Gasteiger partial charge is 0.122 e.